The van der Waals surface area contributed by atoms with Crippen molar-refractivity contribution in [2.75, 3.05) is 37.7 Å². The second-order valence-corrected chi connectivity index (χ2v) is 9.94. The highest BCUT2D eigenvalue weighted by molar-refractivity contribution is 7.89. The number of benzene rings is 2. The van der Waals surface area contributed by atoms with Crippen LogP contribution in [0, 0.1) is 23.1 Å². The number of halogens is 1. The topological polar surface area (TPSA) is 117 Å². The molecule has 1 saturated heterocycles. The third kappa shape index (κ3) is 5.50. The Morgan fingerprint density at radius 3 is 2.48 bits per heavy atom. The molecule has 33 heavy (non-hydrogen) atoms. The SMILES string of the molecule is N#Cc1ccc(N2CCN(C(=O)c3cc(S(N)(=O)=O)ccc3COCC3CC3)CC2)cc1F. The third-order valence-electron chi connectivity index (χ3n) is 5.95. The summed E-state index contributed by atoms with van der Waals surface area (Å²) in [5.74, 6) is -0.312. The molecule has 0 unspecified atom stereocenters. The van der Waals surface area contributed by atoms with Crippen LogP contribution in [0.3, 0.4) is 0 Å². The lowest BCUT2D eigenvalue weighted by Crippen LogP contribution is -2.49. The number of amides is 1. The van der Waals surface area contributed by atoms with Gasteiger partial charge in [0.2, 0.25) is 10.0 Å². The fraction of sp³-hybridized carbons (Fsp3) is 0.391. The molecule has 0 atom stereocenters. The first kappa shape index (κ1) is 23.2. The first-order valence-electron chi connectivity index (χ1n) is 10.7. The van der Waals surface area contributed by atoms with Crippen molar-refractivity contribution in [1.82, 2.24) is 4.90 Å². The normalized spacial score (nSPS) is 16.5. The molecular weight excluding hydrogens is 447 g/mol. The summed E-state index contributed by atoms with van der Waals surface area (Å²) in [6, 6.07) is 10.5. The van der Waals surface area contributed by atoms with Gasteiger partial charge in [0.15, 0.2) is 0 Å². The maximum Gasteiger partial charge on any atom is 0.254 e. The number of ether oxygens (including phenoxy) is 1. The lowest BCUT2D eigenvalue weighted by molar-refractivity contribution is 0.0734. The molecule has 0 bridgehead atoms. The van der Waals surface area contributed by atoms with E-state index in [4.69, 9.17) is 15.1 Å². The van der Waals surface area contributed by atoms with Crippen LogP contribution in [0.1, 0.15) is 34.3 Å². The molecule has 0 radical (unpaired) electrons. The first-order chi connectivity index (χ1) is 15.8. The second kappa shape index (κ2) is 9.47. The molecule has 2 aliphatic rings. The lowest BCUT2D eigenvalue weighted by atomic mass is 10.1. The molecule has 1 heterocycles. The van der Waals surface area contributed by atoms with E-state index in [1.54, 1.807) is 23.1 Å². The van der Waals surface area contributed by atoms with Gasteiger partial charge in [0.05, 0.1) is 17.1 Å². The number of sulfonamides is 1. The number of hydrogen-bond donors (Lipinski definition) is 1. The van der Waals surface area contributed by atoms with E-state index in [9.17, 15) is 17.6 Å². The number of nitriles is 1. The van der Waals surface area contributed by atoms with Gasteiger partial charge < -0.3 is 14.5 Å². The number of rotatable bonds is 7. The molecule has 174 valence electrons. The average molecular weight is 473 g/mol. The molecule has 1 aliphatic carbocycles. The van der Waals surface area contributed by atoms with Gasteiger partial charge in [-0.25, -0.2) is 17.9 Å². The fourth-order valence-corrected chi connectivity index (χ4v) is 4.35. The zero-order valence-corrected chi connectivity index (χ0v) is 18.9. The summed E-state index contributed by atoms with van der Waals surface area (Å²) in [6.07, 6.45) is 2.28. The first-order valence-corrected chi connectivity index (χ1v) is 12.3. The van der Waals surface area contributed by atoms with Gasteiger partial charge in [-0.05, 0) is 54.7 Å². The molecule has 2 aromatic rings. The van der Waals surface area contributed by atoms with Gasteiger partial charge >= 0.3 is 0 Å². The monoisotopic (exact) mass is 472 g/mol. The number of anilines is 1. The van der Waals surface area contributed by atoms with Crippen LogP contribution < -0.4 is 10.0 Å². The standard InChI is InChI=1S/C23H25FN4O4S/c24-22-11-19(5-3-17(22)13-25)27-7-9-28(10-8-27)23(29)21-12-20(33(26,30)31)6-4-18(21)15-32-14-16-1-2-16/h3-6,11-12,16H,1-2,7-10,14-15H2,(H2,26,30,31). The molecule has 2 N–H and O–H groups in total. The molecule has 2 aromatic carbocycles. The summed E-state index contributed by atoms with van der Waals surface area (Å²) in [5, 5.41) is 14.2. The molecule has 0 aromatic heterocycles. The number of piperazine rings is 1. The number of primary sulfonamides is 1. The molecule has 10 heteroatoms. The molecule has 0 spiro atoms. The molecule has 2 fully saturated rings. The zero-order chi connectivity index (χ0) is 23.6. The van der Waals surface area contributed by atoms with Gasteiger partial charge in [0.25, 0.3) is 5.91 Å². The van der Waals surface area contributed by atoms with Crippen LogP contribution in [0.25, 0.3) is 0 Å². The quantitative estimate of drug-likeness (QED) is 0.661. The van der Waals surface area contributed by atoms with Crippen LogP contribution in [-0.4, -0.2) is 52.0 Å². The van der Waals surface area contributed by atoms with Crippen molar-refractivity contribution in [3.05, 3.63) is 58.9 Å². The molecule has 1 aliphatic heterocycles. The Bertz CT molecular complexity index is 1200. The minimum absolute atomic E-state index is 0.0151. The highest BCUT2D eigenvalue weighted by atomic mass is 32.2. The number of carbonyl (C=O) groups is 1. The van der Waals surface area contributed by atoms with Crippen molar-refractivity contribution in [1.29, 1.82) is 5.26 Å². The van der Waals surface area contributed by atoms with Crippen LogP contribution in [0.5, 0.6) is 0 Å². The van der Waals surface area contributed by atoms with Gasteiger partial charge in [-0.3, -0.25) is 4.79 Å². The predicted molar refractivity (Wildman–Crippen MR) is 119 cm³/mol. The van der Waals surface area contributed by atoms with Crippen molar-refractivity contribution in [2.24, 2.45) is 11.1 Å². The maximum atomic E-state index is 14.0. The highest BCUT2D eigenvalue weighted by Crippen LogP contribution is 2.29. The molecular formula is C23H25FN4O4S. The zero-order valence-electron chi connectivity index (χ0n) is 18.0. The number of nitrogens with zero attached hydrogens (tertiary/aromatic N) is 3. The van der Waals surface area contributed by atoms with Crippen molar-refractivity contribution in [3.8, 4) is 6.07 Å². The summed E-state index contributed by atoms with van der Waals surface area (Å²) < 4.78 is 43.4. The average Bonchev–Trinajstić information content (AvgIpc) is 3.62. The number of carbonyl (C=O) groups excluding carboxylic acids is 1. The van der Waals surface area contributed by atoms with E-state index >= 15 is 0 Å². The summed E-state index contributed by atoms with van der Waals surface area (Å²) in [7, 11) is -3.96. The fourth-order valence-electron chi connectivity index (χ4n) is 3.81. The van der Waals surface area contributed by atoms with E-state index in [0.29, 0.717) is 50.0 Å². The van der Waals surface area contributed by atoms with Crippen LogP contribution in [-0.2, 0) is 21.4 Å². The smallest absolute Gasteiger partial charge is 0.254 e. The van der Waals surface area contributed by atoms with E-state index in [-0.39, 0.29) is 28.5 Å². The van der Waals surface area contributed by atoms with Crippen molar-refractivity contribution in [3.63, 3.8) is 0 Å². The molecule has 8 nitrogen and oxygen atoms in total. The Kier molecular flexibility index (Phi) is 6.65. The van der Waals surface area contributed by atoms with Gasteiger partial charge in [-0.2, -0.15) is 5.26 Å². The highest BCUT2D eigenvalue weighted by Gasteiger charge is 2.26. The Morgan fingerprint density at radius 2 is 1.88 bits per heavy atom. The number of nitrogens with two attached hydrogens (primary N) is 1. The van der Waals surface area contributed by atoms with Crippen molar-refractivity contribution in [2.45, 2.75) is 24.3 Å². The Balaban J connectivity index is 1.48. The Labute approximate surface area is 192 Å². The third-order valence-corrected chi connectivity index (χ3v) is 6.86. The maximum absolute atomic E-state index is 14.0. The van der Waals surface area contributed by atoms with Gasteiger partial charge in [-0.15, -0.1) is 0 Å². The summed E-state index contributed by atoms with van der Waals surface area (Å²) in [6.45, 7) is 2.53. The van der Waals surface area contributed by atoms with Crippen molar-refractivity contribution < 1.29 is 22.3 Å². The van der Waals surface area contributed by atoms with E-state index in [0.717, 1.165) is 12.8 Å². The van der Waals surface area contributed by atoms with E-state index in [1.165, 1.54) is 24.3 Å². The summed E-state index contributed by atoms with van der Waals surface area (Å²) in [4.78, 5) is 16.8. The predicted octanol–water partition coefficient (Wildman–Crippen LogP) is 2.23. The minimum Gasteiger partial charge on any atom is -0.376 e. The van der Waals surface area contributed by atoms with E-state index < -0.39 is 15.8 Å². The Hall–Kier alpha value is -3.00. The van der Waals surface area contributed by atoms with Crippen LogP contribution in [0.4, 0.5) is 10.1 Å². The van der Waals surface area contributed by atoms with Crippen molar-refractivity contribution >= 4 is 21.6 Å². The minimum atomic E-state index is -3.96. The Morgan fingerprint density at radius 1 is 1.15 bits per heavy atom. The largest absolute Gasteiger partial charge is 0.376 e. The number of hydrogen-bond acceptors (Lipinski definition) is 6. The van der Waals surface area contributed by atoms with Crippen LogP contribution >= 0.6 is 0 Å². The van der Waals surface area contributed by atoms with Gasteiger partial charge in [0.1, 0.15) is 11.9 Å². The lowest BCUT2D eigenvalue weighted by Gasteiger charge is -2.36. The van der Waals surface area contributed by atoms with Gasteiger partial charge in [0, 0.05) is 44.0 Å². The summed E-state index contributed by atoms with van der Waals surface area (Å²) in [5.41, 5.74) is 1.50. The summed E-state index contributed by atoms with van der Waals surface area (Å²) >= 11 is 0. The van der Waals surface area contributed by atoms with E-state index in [2.05, 4.69) is 0 Å². The van der Waals surface area contributed by atoms with E-state index in [1.807, 2.05) is 4.90 Å². The molecule has 1 saturated carbocycles. The molecule has 1 amide bonds. The second-order valence-electron chi connectivity index (χ2n) is 8.38. The van der Waals surface area contributed by atoms with Gasteiger partial charge in [-0.1, -0.05) is 6.07 Å². The van der Waals surface area contributed by atoms with Crippen LogP contribution in [0.2, 0.25) is 0 Å². The van der Waals surface area contributed by atoms with Crippen LogP contribution in [0.15, 0.2) is 41.3 Å². The molecule has 4 rings (SSSR count).